The summed E-state index contributed by atoms with van der Waals surface area (Å²) >= 11 is 0. The Labute approximate surface area is 167 Å². The van der Waals surface area contributed by atoms with Gasteiger partial charge in [-0.15, -0.1) is 0 Å². The first-order valence-corrected chi connectivity index (χ1v) is 8.85. The van der Waals surface area contributed by atoms with Crippen LogP contribution in [0.3, 0.4) is 0 Å². The number of halogens is 1. The van der Waals surface area contributed by atoms with Crippen molar-refractivity contribution in [3.8, 4) is 11.8 Å². The van der Waals surface area contributed by atoms with Crippen LogP contribution in [0.5, 0.6) is 5.75 Å². The van der Waals surface area contributed by atoms with Crippen LogP contribution in [-0.4, -0.2) is 17.8 Å². The second-order valence-corrected chi connectivity index (χ2v) is 6.27. The van der Waals surface area contributed by atoms with E-state index in [-0.39, 0.29) is 5.78 Å². The van der Waals surface area contributed by atoms with Crippen LogP contribution in [0.15, 0.2) is 72.8 Å². The number of hydrogen-bond donors (Lipinski definition) is 1. The van der Waals surface area contributed by atoms with E-state index in [4.69, 9.17) is 10.00 Å². The Kier molecular flexibility index (Phi) is 6.00. The number of para-hydroxylation sites is 1. The van der Waals surface area contributed by atoms with Crippen molar-refractivity contribution < 1.29 is 18.7 Å². The van der Waals surface area contributed by atoms with Crippen LogP contribution in [0.2, 0.25) is 0 Å². The van der Waals surface area contributed by atoms with Crippen LogP contribution in [0, 0.1) is 17.1 Å². The number of rotatable bonds is 6. The highest BCUT2D eigenvalue weighted by molar-refractivity contribution is 6.09. The molecule has 0 bridgehead atoms. The molecule has 0 heterocycles. The highest BCUT2D eigenvalue weighted by Crippen LogP contribution is 2.18. The lowest BCUT2D eigenvalue weighted by atomic mass is 10.0. The van der Waals surface area contributed by atoms with Crippen LogP contribution in [0.1, 0.15) is 28.4 Å². The molecule has 6 heteroatoms. The van der Waals surface area contributed by atoms with Crippen molar-refractivity contribution >= 4 is 17.4 Å². The highest BCUT2D eigenvalue weighted by Gasteiger charge is 2.17. The number of ether oxygens (including phenoxy) is 1. The Morgan fingerprint density at radius 1 is 0.966 bits per heavy atom. The lowest BCUT2D eigenvalue weighted by Gasteiger charge is -2.15. The summed E-state index contributed by atoms with van der Waals surface area (Å²) < 4.78 is 18.6. The molecule has 5 nitrogen and oxygen atoms in total. The number of nitriles is 1. The number of hydrogen-bond acceptors (Lipinski definition) is 4. The monoisotopic (exact) mass is 388 g/mol. The van der Waals surface area contributed by atoms with E-state index in [9.17, 15) is 14.0 Å². The molecule has 3 rings (SSSR count). The molecule has 0 unspecified atom stereocenters. The van der Waals surface area contributed by atoms with Crippen molar-refractivity contribution in [3.05, 3.63) is 95.3 Å². The third kappa shape index (κ3) is 4.85. The van der Waals surface area contributed by atoms with Crippen molar-refractivity contribution in [2.75, 3.05) is 5.32 Å². The van der Waals surface area contributed by atoms with Gasteiger partial charge in [0.1, 0.15) is 17.6 Å². The molecule has 0 saturated carbocycles. The number of carbonyl (C=O) groups excluding carboxylic acids is 2. The van der Waals surface area contributed by atoms with E-state index in [1.54, 1.807) is 55.5 Å². The van der Waals surface area contributed by atoms with Gasteiger partial charge in [0.15, 0.2) is 11.9 Å². The molecule has 29 heavy (non-hydrogen) atoms. The summed E-state index contributed by atoms with van der Waals surface area (Å²) in [6, 6.07) is 20.3. The standard InChI is InChI=1S/C23H17FN2O3/c1-15(23(28)26-21-5-3-2-4-18(21)14-25)29-20-12-8-17(9-13-20)22(27)16-6-10-19(24)11-7-16/h2-13,15H,1H3,(H,26,28)/t15-/m1/s1. The summed E-state index contributed by atoms with van der Waals surface area (Å²) in [6.07, 6.45) is -0.819. The second kappa shape index (κ2) is 8.81. The molecule has 1 atom stereocenters. The maximum Gasteiger partial charge on any atom is 0.265 e. The Bertz CT molecular complexity index is 1070. The van der Waals surface area contributed by atoms with Crippen LogP contribution < -0.4 is 10.1 Å². The predicted octanol–water partition coefficient (Wildman–Crippen LogP) is 4.33. The summed E-state index contributed by atoms with van der Waals surface area (Å²) in [7, 11) is 0. The zero-order chi connectivity index (χ0) is 20.8. The number of carbonyl (C=O) groups is 2. The Morgan fingerprint density at radius 3 is 2.17 bits per heavy atom. The fraction of sp³-hybridized carbons (Fsp3) is 0.0870. The molecule has 0 radical (unpaired) electrons. The van der Waals surface area contributed by atoms with E-state index in [0.29, 0.717) is 28.1 Å². The molecule has 0 aliphatic heterocycles. The molecule has 3 aromatic rings. The largest absolute Gasteiger partial charge is 0.481 e. The molecule has 0 spiro atoms. The van der Waals surface area contributed by atoms with Gasteiger partial charge in [-0.25, -0.2) is 4.39 Å². The quantitative estimate of drug-likeness (QED) is 0.638. The van der Waals surface area contributed by atoms with Gasteiger partial charge in [-0.05, 0) is 67.6 Å². The number of anilines is 1. The summed E-state index contributed by atoms with van der Waals surface area (Å²) in [6.45, 7) is 1.59. The predicted molar refractivity (Wildman–Crippen MR) is 106 cm³/mol. The SMILES string of the molecule is C[C@@H](Oc1ccc(C(=O)c2ccc(F)cc2)cc1)C(=O)Nc1ccccc1C#N. The summed E-state index contributed by atoms with van der Waals surface area (Å²) in [5.41, 5.74) is 1.57. The molecular weight excluding hydrogens is 371 g/mol. The van der Waals surface area contributed by atoms with E-state index in [2.05, 4.69) is 5.32 Å². The molecule has 1 N–H and O–H groups in total. The van der Waals surface area contributed by atoms with Gasteiger partial charge >= 0.3 is 0 Å². The fourth-order valence-electron chi connectivity index (χ4n) is 2.63. The lowest BCUT2D eigenvalue weighted by molar-refractivity contribution is -0.122. The van der Waals surface area contributed by atoms with Gasteiger partial charge in [0.2, 0.25) is 0 Å². The van der Waals surface area contributed by atoms with Crippen LogP contribution in [0.25, 0.3) is 0 Å². The third-order valence-electron chi connectivity index (χ3n) is 4.21. The molecule has 0 fully saturated rings. The topological polar surface area (TPSA) is 79.2 Å². The summed E-state index contributed by atoms with van der Waals surface area (Å²) in [5, 5.41) is 11.8. The second-order valence-electron chi connectivity index (χ2n) is 6.27. The van der Waals surface area contributed by atoms with E-state index >= 15 is 0 Å². The number of nitrogens with one attached hydrogen (secondary N) is 1. The van der Waals surface area contributed by atoms with Gasteiger partial charge in [0.05, 0.1) is 11.3 Å². The summed E-state index contributed by atoms with van der Waals surface area (Å²) in [5.74, 6) is -0.638. The van der Waals surface area contributed by atoms with Gasteiger partial charge in [0.25, 0.3) is 5.91 Å². The first-order chi connectivity index (χ1) is 14.0. The van der Waals surface area contributed by atoms with E-state index in [1.807, 2.05) is 6.07 Å². The van der Waals surface area contributed by atoms with Gasteiger partial charge in [-0.2, -0.15) is 5.26 Å². The summed E-state index contributed by atoms with van der Waals surface area (Å²) in [4.78, 5) is 24.8. The maximum atomic E-state index is 13.0. The minimum absolute atomic E-state index is 0.240. The molecule has 144 valence electrons. The highest BCUT2D eigenvalue weighted by atomic mass is 19.1. The van der Waals surface area contributed by atoms with Crippen molar-refractivity contribution in [1.29, 1.82) is 5.26 Å². The van der Waals surface area contributed by atoms with Crippen molar-refractivity contribution in [2.24, 2.45) is 0 Å². The van der Waals surface area contributed by atoms with Crippen LogP contribution in [0.4, 0.5) is 10.1 Å². The van der Waals surface area contributed by atoms with Gasteiger partial charge in [-0.1, -0.05) is 12.1 Å². The average molecular weight is 388 g/mol. The Balaban J connectivity index is 1.64. The third-order valence-corrected chi connectivity index (χ3v) is 4.21. The van der Waals surface area contributed by atoms with Gasteiger partial charge in [-0.3, -0.25) is 9.59 Å². The normalized spacial score (nSPS) is 11.2. The Morgan fingerprint density at radius 2 is 1.55 bits per heavy atom. The van der Waals surface area contributed by atoms with Gasteiger partial charge < -0.3 is 10.1 Å². The number of amides is 1. The molecule has 0 aliphatic rings. The molecule has 1 amide bonds. The number of ketones is 1. The van der Waals surface area contributed by atoms with E-state index < -0.39 is 17.8 Å². The van der Waals surface area contributed by atoms with E-state index in [1.165, 1.54) is 24.3 Å². The average Bonchev–Trinajstić information content (AvgIpc) is 2.74. The minimum Gasteiger partial charge on any atom is -0.481 e. The first kappa shape index (κ1) is 19.8. The van der Waals surface area contributed by atoms with Crippen LogP contribution in [-0.2, 0) is 4.79 Å². The van der Waals surface area contributed by atoms with E-state index in [0.717, 1.165) is 0 Å². The molecule has 3 aromatic carbocycles. The smallest absolute Gasteiger partial charge is 0.265 e. The Hall–Kier alpha value is -3.98. The van der Waals surface area contributed by atoms with Gasteiger partial charge in [0, 0.05) is 11.1 Å². The maximum absolute atomic E-state index is 13.0. The first-order valence-electron chi connectivity index (χ1n) is 8.85. The lowest BCUT2D eigenvalue weighted by Crippen LogP contribution is -2.30. The molecule has 0 saturated heterocycles. The van der Waals surface area contributed by atoms with Crippen molar-refractivity contribution in [1.82, 2.24) is 0 Å². The van der Waals surface area contributed by atoms with Crippen molar-refractivity contribution in [2.45, 2.75) is 13.0 Å². The zero-order valence-corrected chi connectivity index (χ0v) is 15.6. The molecule has 0 aliphatic carbocycles. The zero-order valence-electron chi connectivity index (χ0n) is 15.6. The minimum atomic E-state index is -0.819. The molecule has 0 aromatic heterocycles. The number of nitrogens with zero attached hydrogens (tertiary/aromatic N) is 1. The fourth-order valence-corrected chi connectivity index (χ4v) is 2.63. The van der Waals surface area contributed by atoms with Crippen molar-refractivity contribution in [3.63, 3.8) is 0 Å². The van der Waals surface area contributed by atoms with Crippen LogP contribution >= 0.6 is 0 Å². The number of benzene rings is 3. The molecular formula is C23H17FN2O3.